The minimum absolute atomic E-state index is 0.349. The van der Waals surface area contributed by atoms with E-state index in [1.54, 1.807) is 0 Å². The van der Waals surface area contributed by atoms with E-state index in [2.05, 4.69) is 9.72 Å². The normalized spacial score (nSPS) is 10.4. The average Bonchev–Trinajstić information content (AvgIpc) is 2.17. The minimum atomic E-state index is -2.93. The van der Waals surface area contributed by atoms with Gasteiger partial charge in [-0.1, -0.05) is 0 Å². The topological polar surface area (TPSA) is 79.7 Å². The van der Waals surface area contributed by atoms with Crippen LogP contribution in [0.4, 0.5) is 8.78 Å². The van der Waals surface area contributed by atoms with E-state index in [-0.39, 0.29) is 5.75 Å². The van der Waals surface area contributed by atoms with Gasteiger partial charge in [-0.25, -0.2) is 18.6 Å². The summed E-state index contributed by atoms with van der Waals surface area (Å²) in [5, 5.41) is 17.8. The van der Waals surface area contributed by atoms with E-state index in [0.29, 0.717) is 0 Å². The van der Waals surface area contributed by atoms with Crippen LogP contribution in [0.15, 0.2) is 6.07 Å². The smallest absolute Gasteiger partial charge is 0.358 e. The van der Waals surface area contributed by atoms with Crippen LogP contribution in [0, 0.1) is 0 Å². The molecule has 0 fully saturated rings. The van der Waals surface area contributed by atoms with Gasteiger partial charge in [0, 0.05) is 6.07 Å². The fraction of sp³-hybridized carbons (Fsp3) is 0.250. The first-order chi connectivity index (χ1) is 6.97. The van der Waals surface area contributed by atoms with Gasteiger partial charge in [0.05, 0.1) is 7.11 Å². The molecule has 0 spiro atoms. The Morgan fingerprint density at radius 3 is 2.60 bits per heavy atom. The van der Waals surface area contributed by atoms with Crippen LogP contribution in [0.1, 0.15) is 22.6 Å². The maximum absolute atomic E-state index is 12.3. The number of halogens is 2. The third-order valence-electron chi connectivity index (χ3n) is 1.62. The van der Waals surface area contributed by atoms with Crippen LogP contribution in [0.5, 0.6) is 11.5 Å². The van der Waals surface area contributed by atoms with E-state index < -0.39 is 29.5 Å². The molecule has 1 heterocycles. The number of alkyl halides is 2. The Bertz CT molecular complexity index is 394. The number of carboxylic acid groups (broad SMARTS) is 1. The molecule has 0 atom stereocenters. The number of hydrogen-bond donors (Lipinski definition) is 2. The molecule has 15 heavy (non-hydrogen) atoms. The quantitative estimate of drug-likeness (QED) is 0.803. The molecule has 2 N–H and O–H groups in total. The zero-order valence-corrected chi connectivity index (χ0v) is 7.57. The number of rotatable bonds is 3. The number of aromatic carboxylic acids is 1. The maximum Gasteiger partial charge on any atom is 0.358 e. The van der Waals surface area contributed by atoms with Crippen molar-refractivity contribution in [2.75, 3.05) is 7.11 Å². The number of aromatic nitrogens is 1. The number of aromatic hydroxyl groups is 1. The highest BCUT2D eigenvalue weighted by Gasteiger charge is 2.21. The highest BCUT2D eigenvalue weighted by molar-refractivity contribution is 5.89. The van der Waals surface area contributed by atoms with E-state index in [1.165, 1.54) is 0 Å². The monoisotopic (exact) mass is 219 g/mol. The molecular formula is C8H7F2NO4. The molecule has 1 aromatic rings. The highest BCUT2D eigenvalue weighted by atomic mass is 19.3. The lowest BCUT2D eigenvalue weighted by atomic mass is 10.2. The summed E-state index contributed by atoms with van der Waals surface area (Å²) in [7, 11) is 1.12. The summed E-state index contributed by atoms with van der Waals surface area (Å²) >= 11 is 0. The van der Waals surface area contributed by atoms with Gasteiger partial charge in [0.25, 0.3) is 6.43 Å². The molecule has 5 nitrogen and oxygen atoms in total. The molecule has 7 heteroatoms. The van der Waals surface area contributed by atoms with E-state index in [4.69, 9.17) is 5.11 Å². The van der Waals surface area contributed by atoms with Crippen molar-refractivity contribution in [1.82, 2.24) is 4.98 Å². The van der Waals surface area contributed by atoms with Gasteiger partial charge in [-0.3, -0.25) is 0 Å². The largest absolute Gasteiger partial charge is 0.503 e. The molecule has 0 aliphatic carbocycles. The Morgan fingerprint density at radius 1 is 1.60 bits per heavy atom. The fourth-order valence-electron chi connectivity index (χ4n) is 0.950. The Labute approximate surface area is 82.9 Å². The highest BCUT2D eigenvalue weighted by Crippen LogP contribution is 2.32. The molecule has 0 bridgehead atoms. The van der Waals surface area contributed by atoms with Gasteiger partial charge in [0.15, 0.2) is 17.2 Å². The van der Waals surface area contributed by atoms with Crippen LogP contribution in [0.3, 0.4) is 0 Å². The van der Waals surface area contributed by atoms with Crippen molar-refractivity contribution < 1.29 is 28.5 Å². The van der Waals surface area contributed by atoms with Gasteiger partial charge in [-0.15, -0.1) is 0 Å². The molecule has 0 unspecified atom stereocenters. The Hall–Kier alpha value is -1.92. The van der Waals surface area contributed by atoms with E-state index >= 15 is 0 Å². The standard InChI is InChI=1S/C8H7F2NO4/c1-15-4-2-3(7(9)10)11-5(6(4)12)8(13)14/h2,7,12H,1H3,(H,13,14). The van der Waals surface area contributed by atoms with Crippen LogP contribution in [0.25, 0.3) is 0 Å². The summed E-state index contributed by atoms with van der Waals surface area (Å²) < 4.78 is 29.1. The van der Waals surface area contributed by atoms with Crippen LogP contribution in [0.2, 0.25) is 0 Å². The van der Waals surface area contributed by atoms with Crippen molar-refractivity contribution >= 4 is 5.97 Å². The van der Waals surface area contributed by atoms with Gasteiger partial charge in [0.2, 0.25) is 0 Å². The second-order valence-electron chi connectivity index (χ2n) is 2.55. The van der Waals surface area contributed by atoms with Crippen molar-refractivity contribution in [1.29, 1.82) is 0 Å². The number of carbonyl (C=O) groups is 1. The number of hydrogen-bond acceptors (Lipinski definition) is 4. The zero-order valence-electron chi connectivity index (χ0n) is 7.57. The SMILES string of the molecule is COc1cc(C(F)F)nc(C(=O)O)c1O. The maximum atomic E-state index is 12.3. The van der Waals surface area contributed by atoms with Gasteiger partial charge in [-0.2, -0.15) is 0 Å². The third-order valence-corrected chi connectivity index (χ3v) is 1.62. The van der Waals surface area contributed by atoms with E-state index in [1.807, 2.05) is 0 Å². The number of methoxy groups -OCH3 is 1. The van der Waals surface area contributed by atoms with Crippen LogP contribution < -0.4 is 4.74 Å². The van der Waals surface area contributed by atoms with Crippen LogP contribution in [-0.4, -0.2) is 28.3 Å². The van der Waals surface area contributed by atoms with Crippen molar-refractivity contribution in [3.8, 4) is 11.5 Å². The summed E-state index contributed by atoms with van der Waals surface area (Å²) in [4.78, 5) is 13.6. The first-order valence-electron chi connectivity index (χ1n) is 3.76. The molecule has 0 radical (unpaired) electrons. The summed E-state index contributed by atoms with van der Waals surface area (Å²) in [6, 6.07) is 0.784. The molecule has 0 amide bonds. The van der Waals surface area contributed by atoms with E-state index in [0.717, 1.165) is 13.2 Å². The first kappa shape index (κ1) is 11.2. The molecule has 0 aromatic carbocycles. The summed E-state index contributed by atoms with van der Waals surface area (Å²) in [6.07, 6.45) is -2.93. The third kappa shape index (κ3) is 2.12. The first-order valence-corrected chi connectivity index (χ1v) is 3.76. The molecule has 1 rings (SSSR count). The average molecular weight is 219 g/mol. The lowest BCUT2D eigenvalue weighted by Crippen LogP contribution is -2.05. The number of ether oxygens (including phenoxy) is 1. The molecular weight excluding hydrogens is 212 g/mol. The Kier molecular flexibility index (Phi) is 3.03. The fourth-order valence-corrected chi connectivity index (χ4v) is 0.950. The summed E-state index contributed by atoms with van der Waals surface area (Å²) in [5.41, 5.74) is -1.62. The number of nitrogens with zero attached hydrogens (tertiary/aromatic N) is 1. The summed E-state index contributed by atoms with van der Waals surface area (Å²) in [6.45, 7) is 0. The Morgan fingerprint density at radius 2 is 2.20 bits per heavy atom. The van der Waals surface area contributed by atoms with Gasteiger partial charge >= 0.3 is 5.97 Å². The van der Waals surface area contributed by atoms with Crippen molar-refractivity contribution in [3.05, 3.63) is 17.5 Å². The molecule has 0 aliphatic heterocycles. The van der Waals surface area contributed by atoms with Crippen molar-refractivity contribution in [2.45, 2.75) is 6.43 Å². The molecule has 1 aromatic heterocycles. The lowest BCUT2D eigenvalue weighted by Gasteiger charge is -2.08. The van der Waals surface area contributed by atoms with Gasteiger partial charge < -0.3 is 14.9 Å². The molecule has 82 valence electrons. The molecule has 0 saturated heterocycles. The second-order valence-corrected chi connectivity index (χ2v) is 2.55. The van der Waals surface area contributed by atoms with Crippen LogP contribution >= 0.6 is 0 Å². The van der Waals surface area contributed by atoms with E-state index in [9.17, 15) is 18.7 Å². The molecule has 0 saturated carbocycles. The lowest BCUT2D eigenvalue weighted by molar-refractivity contribution is 0.0684. The molecule has 0 aliphatic rings. The van der Waals surface area contributed by atoms with Gasteiger partial charge in [-0.05, 0) is 0 Å². The van der Waals surface area contributed by atoms with Crippen LogP contribution in [-0.2, 0) is 0 Å². The Balaban J connectivity index is 3.38. The number of carboxylic acids is 1. The predicted octanol–water partition coefficient (Wildman–Crippen LogP) is 1.43. The number of pyridine rings is 1. The summed E-state index contributed by atoms with van der Waals surface area (Å²) in [5.74, 6) is -2.72. The predicted molar refractivity (Wildman–Crippen MR) is 44.4 cm³/mol. The minimum Gasteiger partial charge on any atom is -0.503 e. The van der Waals surface area contributed by atoms with Crippen molar-refractivity contribution in [2.24, 2.45) is 0 Å². The van der Waals surface area contributed by atoms with Gasteiger partial charge in [0.1, 0.15) is 5.69 Å². The van der Waals surface area contributed by atoms with Crippen molar-refractivity contribution in [3.63, 3.8) is 0 Å². The second kappa shape index (κ2) is 4.07. The zero-order chi connectivity index (χ0) is 11.6.